The summed E-state index contributed by atoms with van der Waals surface area (Å²) in [6.07, 6.45) is 43.9. The molecule has 0 aromatic carbocycles. The van der Waals surface area contributed by atoms with Crippen molar-refractivity contribution in [1.82, 2.24) is 4.90 Å². The molecule has 0 unspecified atom stereocenters. The van der Waals surface area contributed by atoms with E-state index in [9.17, 15) is 9.59 Å². The average molecular weight is 646 g/mol. The highest BCUT2D eigenvalue weighted by Gasteiger charge is 2.21. The van der Waals surface area contributed by atoms with Crippen molar-refractivity contribution in [1.29, 1.82) is 0 Å². The number of allylic oxidation sites excluding steroid dienone is 4. The van der Waals surface area contributed by atoms with Gasteiger partial charge in [-0.2, -0.15) is 0 Å². The van der Waals surface area contributed by atoms with Crippen LogP contribution in [0, 0.1) is 0 Å². The van der Waals surface area contributed by atoms with E-state index in [4.69, 9.17) is 0 Å². The lowest BCUT2D eigenvalue weighted by Gasteiger charge is -2.26. The van der Waals surface area contributed by atoms with Crippen LogP contribution in [0.3, 0.4) is 0 Å². The van der Waals surface area contributed by atoms with E-state index in [1.54, 1.807) is 4.90 Å². The number of carbonyl (C=O) groups excluding carboxylic acids is 2. The normalized spacial score (nSPS) is 12.1. The maximum Gasteiger partial charge on any atom is 0.229 e. The van der Waals surface area contributed by atoms with E-state index < -0.39 is 0 Å². The van der Waals surface area contributed by atoms with Crippen LogP contribution in [0.15, 0.2) is 24.3 Å². The third-order valence-electron chi connectivity index (χ3n) is 9.12. The average Bonchev–Trinajstić information content (AvgIpc) is 3.02. The summed E-state index contributed by atoms with van der Waals surface area (Å²) < 4.78 is 0.860. The molecule has 0 spiro atoms. The molecule has 0 rings (SSSR count). The van der Waals surface area contributed by atoms with Gasteiger partial charge < -0.3 is 4.48 Å². The van der Waals surface area contributed by atoms with Crippen LogP contribution in [0.25, 0.3) is 0 Å². The topological polar surface area (TPSA) is 37.4 Å². The predicted molar refractivity (Wildman–Crippen MR) is 203 cm³/mol. The monoisotopic (exact) mass is 646 g/mol. The number of unbranched alkanes of at least 4 members (excludes halogenated alkanes) is 22. The molecule has 2 amide bonds. The molecule has 0 aromatic rings. The van der Waals surface area contributed by atoms with Gasteiger partial charge in [-0.05, 0) is 64.2 Å². The number of amides is 2. The number of rotatable bonds is 34. The van der Waals surface area contributed by atoms with Gasteiger partial charge in [-0.25, -0.2) is 0 Å². The van der Waals surface area contributed by atoms with Crippen LogP contribution in [0.4, 0.5) is 0 Å². The van der Waals surface area contributed by atoms with Gasteiger partial charge in [0.05, 0.1) is 27.7 Å². The standard InChI is InChI=1S/C42H81N2O2/c1-6-8-10-12-14-16-18-20-22-24-26-28-30-32-34-37-41(45)43(39-36-40-44(3,4)5)42(46)38-35-33-31-29-27-25-23-21-19-17-15-13-11-9-7-2/h20-23H,6-19,24-40H2,1-5H3/q+1. The first-order valence-corrected chi connectivity index (χ1v) is 20.3. The zero-order valence-electron chi connectivity index (χ0n) is 31.9. The molecule has 0 atom stereocenters. The molecule has 0 N–H and O–H groups in total. The van der Waals surface area contributed by atoms with E-state index in [2.05, 4.69) is 59.3 Å². The molecule has 4 heteroatoms. The van der Waals surface area contributed by atoms with Crippen LogP contribution in [0.2, 0.25) is 0 Å². The van der Waals surface area contributed by atoms with Crippen LogP contribution >= 0.6 is 0 Å². The highest BCUT2D eigenvalue weighted by Crippen LogP contribution is 2.14. The first-order chi connectivity index (χ1) is 22.3. The summed E-state index contributed by atoms with van der Waals surface area (Å²) >= 11 is 0. The second kappa shape index (κ2) is 33.5. The van der Waals surface area contributed by atoms with Gasteiger partial charge in [0.15, 0.2) is 0 Å². The Labute approximate surface area is 288 Å². The van der Waals surface area contributed by atoms with Crippen molar-refractivity contribution < 1.29 is 14.1 Å². The minimum Gasteiger partial charge on any atom is -0.331 e. The summed E-state index contributed by atoms with van der Waals surface area (Å²) in [6, 6.07) is 0. The Morgan fingerprint density at radius 3 is 1.07 bits per heavy atom. The van der Waals surface area contributed by atoms with Gasteiger partial charge in [0.25, 0.3) is 0 Å². The molecule has 0 fully saturated rings. The summed E-state index contributed by atoms with van der Waals surface area (Å²) in [5.41, 5.74) is 0. The van der Waals surface area contributed by atoms with Crippen molar-refractivity contribution in [2.24, 2.45) is 0 Å². The van der Waals surface area contributed by atoms with E-state index in [1.165, 1.54) is 141 Å². The van der Waals surface area contributed by atoms with Gasteiger partial charge in [0, 0.05) is 25.8 Å². The number of hydrogen-bond donors (Lipinski definition) is 0. The van der Waals surface area contributed by atoms with Crippen LogP contribution < -0.4 is 0 Å². The summed E-state index contributed by atoms with van der Waals surface area (Å²) in [5.74, 6) is 0.105. The number of nitrogens with zero attached hydrogens (tertiary/aromatic N) is 2. The van der Waals surface area contributed by atoms with Crippen molar-refractivity contribution in [2.75, 3.05) is 34.2 Å². The molecule has 0 aromatic heterocycles. The molecule has 0 saturated carbocycles. The highest BCUT2D eigenvalue weighted by atomic mass is 16.2. The lowest BCUT2D eigenvalue weighted by Crippen LogP contribution is -2.41. The van der Waals surface area contributed by atoms with Crippen molar-refractivity contribution in [3.05, 3.63) is 24.3 Å². The molecule has 0 radical (unpaired) electrons. The molecule has 0 saturated heterocycles. The fourth-order valence-corrected chi connectivity index (χ4v) is 6.06. The predicted octanol–water partition coefficient (Wildman–Crippen LogP) is 12.5. The molecule has 0 heterocycles. The zero-order chi connectivity index (χ0) is 34.0. The van der Waals surface area contributed by atoms with E-state index in [0.717, 1.165) is 43.1 Å². The van der Waals surface area contributed by atoms with E-state index in [0.29, 0.717) is 19.4 Å². The molecule has 46 heavy (non-hydrogen) atoms. The molecular weight excluding hydrogens is 564 g/mol. The van der Waals surface area contributed by atoms with Crippen LogP contribution in [0.5, 0.6) is 0 Å². The minimum absolute atomic E-state index is 0.0526. The number of carbonyl (C=O) groups is 2. The first kappa shape index (κ1) is 44.6. The molecule has 0 aliphatic heterocycles. The summed E-state index contributed by atoms with van der Waals surface area (Å²) in [6.45, 7) is 6.09. The van der Waals surface area contributed by atoms with Crippen molar-refractivity contribution >= 4 is 11.8 Å². The second-order valence-corrected chi connectivity index (χ2v) is 15.0. The molecule has 0 aliphatic carbocycles. The molecule has 270 valence electrons. The molecule has 4 nitrogen and oxygen atoms in total. The molecule has 0 bridgehead atoms. The first-order valence-electron chi connectivity index (χ1n) is 20.3. The second-order valence-electron chi connectivity index (χ2n) is 15.0. The number of quaternary nitrogens is 1. The highest BCUT2D eigenvalue weighted by molar-refractivity contribution is 5.95. The third kappa shape index (κ3) is 32.5. The van der Waals surface area contributed by atoms with Gasteiger partial charge in [-0.15, -0.1) is 0 Å². The maximum absolute atomic E-state index is 13.1. The van der Waals surface area contributed by atoms with Gasteiger partial charge in [0.1, 0.15) is 0 Å². The Kier molecular flexibility index (Phi) is 32.4. The Balaban J connectivity index is 4.10. The lowest BCUT2D eigenvalue weighted by molar-refractivity contribution is -0.870. The van der Waals surface area contributed by atoms with Gasteiger partial charge in [-0.1, -0.05) is 141 Å². The summed E-state index contributed by atoms with van der Waals surface area (Å²) in [4.78, 5) is 27.8. The van der Waals surface area contributed by atoms with Crippen LogP contribution in [0.1, 0.15) is 200 Å². The minimum atomic E-state index is 0.0526. The van der Waals surface area contributed by atoms with E-state index in [-0.39, 0.29) is 11.8 Å². The quantitative estimate of drug-likeness (QED) is 0.0397. The van der Waals surface area contributed by atoms with Crippen LogP contribution in [-0.4, -0.2) is 55.4 Å². The Hall–Kier alpha value is -1.42. The Bertz CT molecular complexity index is 684. The fourth-order valence-electron chi connectivity index (χ4n) is 6.06. The third-order valence-corrected chi connectivity index (χ3v) is 9.12. The smallest absolute Gasteiger partial charge is 0.229 e. The molecule has 0 aliphatic rings. The van der Waals surface area contributed by atoms with E-state index in [1.807, 2.05) is 0 Å². The fraction of sp³-hybridized carbons (Fsp3) is 0.857. The summed E-state index contributed by atoms with van der Waals surface area (Å²) in [7, 11) is 6.51. The molecular formula is C42H81N2O2+. The zero-order valence-corrected chi connectivity index (χ0v) is 31.9. The van der Waals surface area contributed by atoms with Crippen LogP contribution in [-0.2, 0) is 9.59 Å². The van der Waals surface area contributed by atoms with Gasteiger partial charge in [0.2, 0.25) is 11.8 Å². The summed E-state index contributed by atoms with van der Waals surface area (Å²) in [5, 5.41) is 0. The largest absolute Gasteiger partial charge is 0.331 e. The lowest BCUT2D eigenvalue weighted by atomic mass is 10.1. The number of imide groups is 1. The van der Waals surface area contributed by atoms with Crippen molar-refractivity contribution in [2.45, 2.75) is 200 Å². The maximum atomic E-state index is 13.1. The van der Waals surface area contributed by atoms with E-state index >= 15 is 0 Å². The SMILES string of the molecule is CCCCCCCCC=CCCCCCCCC(=O)N(CCC[N+](C)(C)C)C(=O)CCCCCCCC=CCCCCCCCC. The Morgan fingerprint density at radius 1 is 0.435 bits per heavy atom. The van der Waals surface area contributed by atoms with Crippen molar-refractivity contribution in [3.8, 4) is 0 Å². The van der Waals surface area contributed by atoms with Gasteiger partial charge >= 0.3 is 0 Å². The van der Waals surface area contributed by atoms with Crippen molar-refractivity contribution in [3.63, 3.8) is 0 Å². The number of hydrogen-bond acceptors (Lipinski definition) is 2. The Morgan fingerprint density at radius 2 is 0.739 bits per heavy atom. The van der Waals surface area contributed by atoms with Gasteiger partial charge in [-0.3, -0.25) is 14.5 Å².